The molecule has 19 heavy (non-hydrogen) atoms. The molecule has 3 rings (SSSR count). The van der Waals surface area contributed by atoms with E-state index in [4.69, 9.17) is 15.0 Å². The van der Waals surface area contributed by atoms with E-state index < -0.39 is 17.1 Å². The molecule has 1 fully saturated rings. The molecule has 9 heteroatoms. The van der Waals surface area contributed by atoms with Crippen LogP contribution in [0.25, 0.3) is 11.2 Å². The Morgan fingerprint density at radius 1 is 1.63 bits per heavy atom. The third-order valence-electron chi connectivity index (χ3n) is 3.14. The van der Waals surface area contributed by atoms with Crippen molar-refractivity contribution in [2.75, 3.05) is 6.61 Å². The van der Waals surface area contributed by atoms with Gasteiger partial charge in [0.05, 0.1) is 18.9 Å². The number of H-pyrrole nitrogens is 1. The average Bonchev–Trinajstić information content (AvgIpc) is 3.00. The SMILES string of the molecule is NSC1(c2nc3cncnc3[nH]2)OC(CO)CC1O. The highest BCUT2D eigenvalue weighted by atomic mass is 32.2. The van der Waals surface area contributed by atoms with Gasteiger partial charge in [-0.2, -0.15) is 0 Å². The summed E-state index contributed by atoms with van der Waals surface area (Å²) in [5.41, 5.74) is 1.11. The molecule has 3 heterocycles. The van der Waals surface area contributed by atoms with E-state index in [-0.39, 0.29) is 6.61 Å². The van der Waals surface area contributed by atoms with E-state index in [1.807, 2.05) is 0 Å². The Bertz CT molecular complexity index is 560. The first kappa shape index (κ1) is 12.8. The van der Waals surface area contributed by atoms with Gasteiger partial charge < -0.3 is 19.9 Å². The number of fused-ring (bicyclic) bond motifs is 1. The minimum atomic E-state index is -1.21. The lowest BCUT2D eigenvalue weighted by Gasteiger charge is -2.27. The van der Waals surface area contributed by atoms with Crippen molar-refractivity contribution in [1.82, 2.24) is 19.9 Å². The van der Waals surface area contributed by atoms with Crippen LogP contribution in [0.1, 0.15) is 12.2 Å². The number of ether oxygens (including phenoxy) is 1. The summed E-state index contributed by atoms with van der Waals surface area (Å²) in [6, 6.07) is 0. The molecule has 2 aromatic rings. The highest BCUT2D eigenvalue weighted by molar-refractivity contribution is 7.97. The van der Waals surface area contributed by atoms with Gasteiger partial charge in [-0.1, -0.05) is 0 Å². The second kappa shape index (κ2) is 4.69. The summed E-state index contributed by atoms with van der Waals surface area (Å²) in [6.07, 6.45) is 1.92. The summed E-state index contributed by atoms with van der Waals surface area (Å²) in [5.74, 6) is 0.374. The van der Waals surface area contributed by atoms with Crippen molar-refractivity contribution in [1.29, 1.82) is 0 Å². The summed E-state index contributed by atoms with van der Waals surface area (Å²) < 4.78 is 5.67. The van der Waals surface area contributed by atoms with Gasteiger partial charge >= 0.3 is 0 Å². The smallest absolute Gasteiger partial charge is 0.211 e. The summed E-state index contributed by atoms with van der Waals surface area (Å²) in [5, 5.41) is 25.0. The Morgan fingerprint density at radius 2 is 2.47 bits per heavy atom. The molecule has 1 aliphatic rings. The van der Waals surface area contributed by atoms with E-state index in [1.54, 1.807) is 6.20 Å². The Labute approximate surface area is 112 Å². The first-order valence-corrected chi connectivity index (χ1v) is 6.58. The molecule has 0 aromatic carbocycles. The third kappa shape index (κ3) is 1.90. The Balaban J connectivity index is 2.06. The second-order valence-corrected chi connectivity index (χ2v) is 5.14. The van der Waals surface area contributed by atoms with Crippen molar-refractivity contribution in [2.24, 2.45) is 5.14 Å². The first-order chi connectivity index (χ1) is 9.19. The monoisotopic (exact) mass is 283 g/mol. The number of hydrogen-bond acceptors (Lipinski definition) is 8. The summed E-state index contributed by atoms with van der Waals surface area (Å²) in [6.45, 7) is -0.181. The van der Waals surface area contributed by atoms with Crippen LogP contribution < -0.4 is 5.14 Å². The number of hydrogen-bond donors (Lipinski definition) is 4. The van der Waals surface area contributed by atoms with E-state index in [2.05, 4.69) is 19.9 Å². The highest BCUT2D eigenvalue weighted by Gasteiger charge is 2.52. The minimum Gasteiger partial charge on any atom is -0.394 e. The van der Waals surface area contributed by atoms with Crippen LogP contribution >= 0.6 is 11.9 Å². The number of nitrogens with one attached hydrogen (secondary N) is 1. The quantitative estimate of drug-likeness (QED) is 0.542. The van der Waals surface area contributed by atoms with Crippen molar-refractivity contribution < 1.29 is 14.9 Å². The number of aliphatic hydroxyl groups excluding tert-OH is 2. The molecule has 0 spiro atoms. The molecular formula is C10H13N5O3S. The Kier molecular flexibility index (Phi) is 3.15. The zero-order valence-electron chi connectivity index (χ0n) is 9.85. The number of aromatic amines is 1. The highest BCUT2D eigenvalue weighted by Crippen LogP contribution is 2.44. The fraction of sp³-hybridized carbons (Fsp3) is 0.500. The van der Waals surface area contributed by atoms with Gasteiger partial charge in [0.2, 0.25) is 4.93 Å². The van der Waals surface area contributed by atoms with Crippen LogP contribution in [0, 0.1) is 0 Å². The molecular weight excluding hydrogens is 270 g/mol. The van der Waals surface area contributed by atoms with Gasteiger partial charge in [-0.15, -0.1) is 0 Å². The Hall–Kier alpha value is -1.26. The number of nitrogens with zero attached hydrogens (tertiary/aromatic N) is 3. The fourth-order valence-corrected chi connectivity index (χ4v) is 2.85. The van der Waals surface area contributed by atoms with Crippen LogP contribution in [0.2, 0.25) is 0 Å². The number of nitrogens with two attached hydrogens (primary N) is 1. The predicted octanol–water partition coefficient (Wildman–Crippen LogP) is -0.745. The van der Waals surface area contributed by atoms with Gasteiger partial charge in [0.25, 0.3) is 0 Å². The van der Waals surface area contributed by atoms with Gasteiger partial charge in [0.15, 0.2) is 11.5 Å². The zero-order valence-corrected chi connectivity index (χ0v) is 10.7. The summed E-state index contributed by atoms with van der Waals surface area (Å²) in [4.78, 5) is 14.0. The molecule has 3 unspecified atom stereocenters. The third-order valence-corrected chi connectivity index (χ3v) is 4.05. The Morgan fingerprint density at radius 3 is 3.11 bits per heavy atom. The van der Waals surface area contributed by atoms with Gasteiger partial charge in [0, 0.05) is 6.42 Å². The second-order valence-electron chi connectivity index (χ2n) is 4.30. The van der Waals surface area contributed by atoms with Crippen LogP contribution in [0.4, 0.5) is 0 Å². The van der Waals surface area contributed by atoms with Gasteiger partial charge in [-0.05, 0) is 11.9 Å². The van der Waals surface area contributed by atoms with Crippen molar-refractivity contribution >= 4 is 23.1 Å². The lowest BCUT2D eigenvalue weighted by atomic mass is 10.1. The molecule has 0 radical (unpaired) electrons. The van der Waals surface area contributed by atoms with Gasteiger partial charge in [-0.25, -0.2) is 15.0 Å². The van der Waals surface area contributed by atoms with E-state index >= 15 is 0 Å². The van der Waals surface area contributed by atoms with Crippen molar-refractivity contribution in [3.05, 3.63) is 18.3 Å². The standard InChI is InChI=1S/C10H13N5O3S/c11-19-10(7(17)1-5(3-16)18-10)9-14-6-2-12-4-13-8(6)15-9/h2,4-5,7,16-17H,1,3,11H2,(H,12,13,14,15). The zero-order chi connectivity index (χ0) is 13.5. The molecule has 5 N–H and O–H groups in total. The fourth-order valence-electron chi connectivity index (χ4n) is 2.19. The molecule has 0 bridgehead atoms. The number of aromatic nitrogens is 4. The molecule has 3 atom stereocenters. The number of aliphatic hydroxyl groups is 2. The lowest BCUT2D eigenvalue weighted by Crippen LogP contribution is -2.36. The molecule has 8 nitrogen and oxygen atoms in total. The van der Waals surface area contributed by atoms with Crippen LogP contribution in [0.3, 0.4) is 0 Å². The van der Waals surface area contributed by atoms with Crippen LogP contribution in [-0.2, 0) is 9.67 Å². The van der Waals surface area contributed by atoms with Crippen molar-refractivity contribution in [2.45, 2.75) is 23.6 Å². The maximum absolute atomic E-state index is 10.2. The largest absolute Gasteiger partial charge is 0.394 e. The van der Waals surface area contributed by atoms with E-state index in [1.165, 1.54) is 6.33 Å². The maximum atomic E-state index is 10.2. The molecule has 0 saturated carbocycles. The van der Waals surface area contributed by atoms with Gasteiger partial charge in [-0.3, -0.25) is 5.14 Å². The van der Waals surface area contributed by atoms with Gasteiger partial charge in [0.1, 0.15) is 17.9 Å². The molecule has 102 valence electrons. The maximum Gasteiger partial charge on any atom is 0.211 e. The first-order valence-electron chi connectivity index (χ1n) is 5.70. The average molecular weight is 283 g/mol. The normalized spacial score (nSPS) is 31.1. The molecule has 0 aliphatic carbocycles. The van der Waals surface area contributed by atoms with Crippen LogP contribution in [-0.4, -0.2) is 49.0 Å². The van der Waals surface area contributed by atoms with Crippen LogP contribution in [0.5, 0.6) is 0 Å². The van der Waals surface area contributed by atoms with Crippen molar-refractivity contribution in [3.8, 4) is 0 Å². The molecule has 0 amide bonds. The van der Waals surface area contributed by atoms with E-state index in [9.17, 15) is 5.11 Å². The lowest BCUT2D eigenvalue weighted by molar-refractivity contribution is -0.0396. The number of imidazole rings is 1. The topological polar surface area (TPSA) is 130 Å². The minimum absolute atomic E-state index is 0.181. The van der Waals surface area contributed by atoms with E-state index in [0.29, 0.717) is 23.4 Å². The molecule has 2 aromatic heterocycles. The summed E-state index contributed by atoms with van der Waals surface area (Å²) in [7, 11) is 0. The molecule has 1 saturated heterocycles. The molecule has 1 aliphatic heterocycles. The predicted molar refractivity (Wildman–Crippen MR) is 67.7 cm³/mol. The van der Waals surface area contributed by atoms with E-state index in [0.717, 1.165) is 11.9 Å². The summed E-state index contributed by atoms with van der Waals surface area (Å²) >= 11 is 0.850. The van der Waals surface area contributed by atoms with Crippen LogP contribution in [0.15, 0.2) is 12.5 Å². The van der Waals surface area contributed by atoms with Crippen molar-refractivity contribution in [3.63, 3.8) is 0 Å². The number of rotatable bonds is 3.